The second-order valence-corrected chi connectivity index (χ2v) is 11.3. The number of aromatic nitrogens is 1. The predicted molar refractivity (Wildman–Crippen MR) is 116 cm³/mol. The number of hydrogen-bond acceptors (Lipinski definition) is 6. The Hall–Kier alpha value is -2.15. The van der Waals surface area contributed by atoms with E-state index in [-0.39, 0.29) is 10.9 Å². The third-order valence-corrected chi connectivity index (χ3v) is 8.60. The molecule has 1 N–H and O–H groups in total. The molecule has 1 atom stereocenters. The highest BCUT2D eigenvalue weighted by molar-refractivity contribution is 8.01. The zero-order chi connectivity index (χ0) is 24.3. The Bertz CT molecular complexity index is 1060. The summed E-state index contributed by atoms with van der Waals surface area (Å²) in [5.41, 5.74) is 2.12. The molecule has 0 radical (unpaired) electrons. The van der Waals surface area contributed by atoms with Crippen LogP contribution in [-0.2, 0) is 26.2 Å². The Morgan fingerprint density at radius 2 is 1.91 bits per heavy atom. The lowest BCUT2D eigenvalue weighted by Crippen LogP contribution is -2.60. The Morgan fingerprint density at radius 3 is 2.45 bits per heavy atom. The fraction of sp³-hybridized carbons (Fsp3) is 0.429. The molecule has 7 nitrogen and oxygen atoms in total. The molecule has 2 aliphatic rings. The number of pyridine rings is 1. The van der Waals surface area contributed by atoms with Gasteiger partial charge in [0.1, 0.15) is 0 Å². The highest BCUT2D eigenvalue weighted by Crippen LogP contribution is 2.47. The number of halogens is 3. The monoisotopic (exact) mass is 504 g/mol. The van der Waals surface area contributed by atoms with Crippen molar-refractivity contribution in [2.24, 2.45) is 0 Å². The van der Waals surface area contributed by atoms with Gasteiger partial charge in [0, 0.05) is 36.0 Å². The number of aryl methyl sites for hydroxylation is 1. The summed E-state index contributed by atoms with van der Waals surface area (Å²) in [6.07, 6.45) is -0.444. The summed E-state index contributed by atoms with van der Waals surface area (Å²) in [6.45, 7) is 3.65. The minimum Gasteiger partial charge on any atom is -0.475 e. The number of carboxylic acids is 1. The summed E-state index contributed by atoms with van der Waals surface area (Å²) >= 11 is 1.85. The average Bonchev–Trinajstić information content (AvgIpc) is 3.17. The molecule has 1 spiro atoms. The van der Waals surface area contributed by atoms with Crippen LogP contribution in [0.5, 0.6) is 0 Å². The van der Waals surface area contributed by atoms with E-state index in [4.69, 9.17) is 14.6 Å². The van der Waals surface area contributed by atoms with Gasteiger partial charge < -0.3 is 9.84 Å². The molecule has 1 aromatic carbocycles. The molecule has 2 aromatic rings. The molecule has 12 heteroatoms. The van der Waals surface area contributed by atoms with Crippen LogP contribution in [0.4, 0.5) is 13.2 Å². The first-order valence-corrected chi connectivity index (χ1v) is 12.4. The molecule has 2 saturated heterocycles. The number of hydrogen-bond donors (Lipinski definition) is 1. The Morgan fingerprint density at radius 1 is 1.27 bits per heavy atom. The first kappa shape index (κ1) is 25.5. The minimum atomic E-state index is -5.08. The molecule has 2 fully saturated rings. The number of aliphatic carboxylic acids is 1. The van der Waals surface area contributed by atoms with Crippen LogP contribution < -0.4 is 0 Å². The number of ether oxygens (including phenoxy) is 1. The van der Waals surface area contributed by atoms with E-state index in [9.17, 15) is 21.6 Å². The van der Waals surface area contributed by atoms with E-state index in [0.29, 0.717) is 24.6 Å². The molecule has 0 saturated carbocycles. The molecule has 3 heterocycles. The highest BCUT2D eigenvalue weighted by Gasteiger charge is 2.53. The van der Waals surface area contributed by atoms with E-state index >= 15 is 0 Å². The number of rotatable bonds is 5. The van der Waals surface area contributed by atoms with Crippen molar-refractivity contribution in [3.8, 4) is 0 Å². The van der Waals surface area contributed by atoms with Gasteiger partial charge in [-0.25, -0.2) is 13.2 Å². The van der Waals surface area contributed by atoms with Gasteiger partial charge in [-0.05, 0) is 37.1 Å². The predicted octanol–water partition coefficient (Wildman–Crippen LogP) is 3.49. The van der Waals surface area contributed by atoms with Crippen molar-refractivity contribution in [3.63, 3.8) is 0 Å². The van der Waals surface area contributed by atoms with Crippen molar-refractivity contribution < 1.29 is 36.2 Å². The molecule has 0 amide bonds. The van der Waals surface area contributed by atoms with Gasteiger partial charge in [-0.1, -0.05) is 23.8 Å². The molecule has 4 rings (SSSR count). The van der Waals surface area contributed by atoms with Crippen molar-refractivity contribution in [1.82, 2.24) is 9.29 Å². The van der Waals surface area contributed by atoms with Crippen molar-refractivity contribution in [3.05, 3.63) is 59.9 Å². The van der Waals surface area contributed by atoms with Gasteiger partial charge in [0.2, 0.25) is 10.0 Å². The number of alkyl halides is 3. The third kappa shape index (κ3) is 6.46. The number of carboxylic acid groups (broad SMARTS) is 1. The SMILES string of the molecule is Cc1ccc(S(=O)(=O)N2CC3(CC(OCc4cccnc4)CS3)C2)cc1.O=C(O)C(F)(F)F. The minimum absolute atomic E-state index is 0.0113. The molecule has 0 bridgehead atoms. The number of benzene rings is 1. The second-order valence-electron chi connectivity index (χ2n) is 7.88. The van der Waals surface area contributed by atoms with Gasteiger partial charge in [0.05, 0.1) is 17.6 Å². The van der Waals surface area contributed by atoms with Crippen LogP contribution >= 0.6 is 11.8 Å². The van der Waals surface area contributed by atoms with Crippen LogP contribution in [0.1, 0.15) is 17.5 Å². The summed E-state index contributed by atoms with van der Waals surface area (Å²) in [5.74, 6) is -1.84. The largest absolute Gasteiger partial charge is 0.490 e. The van der Waals surface area contributed by atoms with E-state index in [1.54, 1.807) is 22.6 Å². The highest BCUT2D eigenvalue weighted by atomic mass is 32.2. The molecule has 2 aliphatic heterocycles. The van der Waals surface area contributed by atoms with Gasteiger partial charge in [-0.2, -0.15) is 17.5 Å². The lowest BCUT2D eigenvalue weighted by atomic mass is 9.95. The maximum atomic E-state index is 12.7. The summed E-state index contributed by atoms with van der Waals surface area (Å²) in [5, 5.41) is 7.12. The molecule has 1 aromatic heterocycles. The van der Waals surface area contributed by atoms with Crippen LogP contribution in [0.15, 0.2) is 53.7 Å². The number of sulfonamides is 1. The van der Waals surface area contributed by atoms with E-state index in [1.807, 2.05) is 49.1 Å². The van der Waals surface area contributed by atoms with Crippen LogP contribution in [0, 0.1) is 6.92 Å². The van der Waals surface area contributed by atoms with Gasteiger partial charge >= 0.3 is 12.1 Å². The van der Waals surface area contributed by atoms with Crippen molar-refractivity contribution in [2.45, 2.75) is 41.9 Å². The fourth-order valence-corrected chi connectivity index (χ4v) is 6.78. The van der Waals surface area contributed by atoms with Crippen LogP contribution in [0.2, 0.25) is 0 Å². The van der Waals surface area contributed by atoms with E-state index in [0.717, 1.165) is 23.3 Å². The second kappa shape index (κ2) is 10.00. The van der Waals surface area contributed by atoms with E-state index in [2.05, 4.69) is 4.98 Å². The van der Waals surface area contributed by atoms with Crippen LogP contribution in [0.25, 0.3) is 0 Å². The molecular weight excluding hydrogens is 481 g/mol. The lowest BCUT2D eigenvalue weighted by Gasteiger charge is -2.46. The van der Waals surface area contributed by atoms with Crippen LogP contribution in [-0.4, -0.2) is 64.7 Å². The Balaban J connectivity index is 0.000000383. The molecule has 1 unspecified atom stereocenters. The first-order chi connectivity index (χ1) is 15.4. The number of thioether (sulfide) groups is 1. The molecule has 0 aliphatic carbocycles. The fourth-order valence-electron chi connectivity index (χ4n) is 3.45. The standard InChI is InChI=1S/C19H22N2O3S2.C2HF3O2/c1-15-4-6-18(7-5-15)26(22,23)21-13-19(14-21)9-17(12-25-19)24-11-16-3-2-8-20-10-16;3-2(4,5)1(6)7/h2-8,10,17H,9,11-14H2,1H3;(H,6,7). The summed E-state index contributed by atoms with van der Waals surface area (Å²) in [6, 6.07) is 11.0. The van der Waals surface area contributed by atoms with Crippen molar-refractivity contribution >= 4 is 27.8 Å². The normalized spacial score (nSPS) is 20.1. The quantitative estimate of drug-likeness (QED) is 0.666. The molecular formula is C21H23F3N2O5S2. The average molecular weight is 505 g/mol. The molecule has 180 valence electrons. The van der Waals surface area contributed by atoms with E-state index < -0.39 is 22.2 Å². The lowest BCUT2D eigenvalue weighted by molar-refractivity contribution is -0.192. The summed E-state index contributed by atoms with van der Waals surface area (Å²) < 4.78 is 64.8. The molecule has 33 heavy (non-hydrogen) atoms. The van der Waals surface area contributed by atoms with Crippen LogP contribution in [0.3, 0.4) is 0 Å². The summed E-state index contributed by atoms with van der Waals surface area (Å²) in [7, 11) is -3.38. The zero-order valence-electron chi connectivity index (χ0n) is 17.7. The topological polar surface area (TPSA) is 96.8 Å². The zero-order valence-corrected chi connectivity index (χ0v) is 19.3. The Labute approximate surface area is 194 Å². The van der Waals surface area contributed by atoms with Gasteiger partial charge in [0.15, 0.2) is 0 Å². The van der Waals surface area contributed by atoms with Gasteiger partial charge in [0.25, 0.3) is 0 Å². The van der Waals surface area contributed by atoms with Crippen molar-refractivity contribution in [2.75, 3.05) is 18.8 Å². The maximum Gasteiger partial charge on any atom is 0.490 e. The maximum absolute atomic E-state index is 12.7. The van der Waals surface area contributed by atoms with Gasteiger partial charge in [-0.3, -0.25) is 4.98 Å². The Kier molecular flexibility index (Phi) is 7.72. The third-order valence-electron chi connectivity index (χ3n) is 5.21. The number of nitrogens with zero attached hydrogens (tertiary/aromatic N) is 2. The van der Waals surface area contributed by atoms with Crippen molar-refractivity contribution in [1.29, 1.82) is 0 Å². The van der Waals surface area contributed by atoms with Gasteiger partial charge in [-0.15, -0.1) is 11.8 Å². The summed E-state index contributed by atoms with van der Waals surface area (Å²) in [4.78, 5) is 13.4. The smallest absolute Gasteiger partial charge is 0.475 e. The first-order valence-electron chi connectivity index (χ1n) is 9.93. The number of carbonyl (C=O) groups is 1. The van der Waals surface area contributed by atoms with E-state index in [1.165, 1.54) is 0 Å².